The van der Waals surface area contributed by atoms with Crippen molar-refractivity contribution in [2.24, 2.45) is 0 Å². The number of fused-ring (bicyclic) bond motifs is 1. The number of benzene rings is 3. The molecule has 2 aliphatic heterocycles. The molecule has 3 aromatic rings. The molecule has 2 aliphatic rings. The number of rotatable bonds is 6. The predicted molar refractivity (Wildman–Crippen MR) is 127 cm³/mol. The van der Waals surface area contributed by atoms with Crippen LogP contribution in [-0.4, -0.2) is 28.8 Å². The summed E-state index contributed by atoms with van der Waals surface area (Å²) in [6.45, 7) is 0.726. The van der Waals surface area contributed by atoms with Crippen LogP contribution in [0.3, 0.4) is 0 Å². The number of hydrogen-bond donors (Lipinski definition) is 1. The third-order valence-electron chi connectivity index (χ3n) is 7.29. The Balaban J connectivity index is 1.33. The van der Waals surface area contributed by atoms with E-state index in [1.54, 1.807) is 12.1 Å². The highest BCUT2D eigenvalue weighted by molar-refractivity contribution is 5.86. The van der Waals surface area contributed by atoms with E-state index in [1.165, 1.54) is 28.5 Å². The molecule has 0 radical (unpaired) electrons. The van der Waals surface area contributed by atoms with Gasteiger partial charge >= 0.3 is 0 Å². The van der Waals surface area contributed by atoms with Crippen LogP contribution in [0.5, 0.6) is 0 Å². The van der Waals surface area contributed by atoms with E-state index in [1.807, 2.05) is 17.0 Å². The number of nitrogens with one attached hydrogen (secondary N) is 1. The Bertz CT molecular complexity index is 1170. The van der Waals surface area contributed by atoms with E-state index in [0.717, 1.165) is 37.8 Å². The molecule has 0 aliphatic carbocycles. The summed E-state index contributed by atoms with van der Waals surface area (Å²) >= 11 is 0. The van der Waals surface area contributed by atoms with Crippen molar-refractivity contribution in [1.82, 2.24) is 10.2 Å². The van der Waals surface area contributed by atoms with Gasteiger partial charge < -0.3 is 10.2 Å². The summed E-state index contributed by atoms with van der Waals surface area (Å²) in [6, 6.07) is 21.1. The number of carbonyl (C=O) groups excluding carboxylic acids is 2. The van der Waals surface area contributed by atoms with E-state index < -0.39 is 5.54 Å². The number of carbonyl (C=O) groups is 2. The molecule has 0 saturated carbocycles. The van der Waals surface area contributed by atoms with Crippen LogP contribution in [0.1, 0.15) is 55.7 Å². The molecule has 33 heavy (non-hydrogen) atoms. The van der Waals surface area contributed by atoms with Crippen molar-refractivity contribution in [3.05, 3.63) is 83.7 Å². The first-order valence-corrected chi connectivity index (χ1v) is 11.9. The minimum atomic E-state index is -0.401. The zero-order chi connectivity index (χ0) is 22.8. The van der Waals surface area contributed by atoms with Gasteiger partial charge in [0.2, 0.25) is 11.8 Å². The maximum Gasteiger partial charge on any atom is 0.223 e. The maximum absolute atomic E-state index is 13.4. The zero-order valence-electron chi connectivity index (χ0n) is 18.7. The highest BCUT2D eigenvalue weighted by Crippen LogP contribution is 2.35. The van der Waals surface area contributed by atoms with Crippen LogP contribution in [-0.2, 0) is 16.0 Å². The quantitative estimate of drug-likeness (QED) is 0.560. The average molecular weight is 445 g/mol. The van der Waals surface area contributed by atoms with E-state index in [4.69, 9.17) is 0 Å². The SMILES string of the molecule is O=C1CCC(CCC(=O)N2CCCC2c2ccc(F)cc2)(Cc2cccc3ccccc23)N1. The standard InChI is InChI=1S/C28H29FN2O2/c29-23-12-10-21(11-13-23)25-9-4-18-31(25)27(33)15-17-28(16-14-26(32)30-28)19-22-7-3-6-20-5-1-2-8-24(20)22/h1-3,5-8,10-13,25H,4,9,14-19H2,(H,30,32). The molecule has 0 spiro atoms. The molecule has 2 amide bonds. The highest BCUT2D eigenvalue weighted by atomic mass is 19.1. The summed E-state index contributed by atoms with van der Waals surface area (Å²) in [6.07, 6.45) is 4.82. The average Bonchev–Trinajstić information content (AvgIpc) is 3.46. The van der Waals surface area contributed by atoms with Crippen molar-refractivity contribution in [2.45, 2.75) is 56.5 Å². The Labute approximate surface area is 193 Å². The molecule has 170 valence electrons. The molecule has 1 N–H and O–H groups in total. The Hall–Kier alpha value is -3.21. The molecule has 0 aromatic heterocycles. The van der Waals surface area contributed by atoms with Crippen LogP contribution in [0.4, 0.5) is 4.39 Å². The van der Waals surface area contributed by atoms with Crippen LogP contribution in [0.2, 0.25) is 0 Å². The van der Waals surface area contributed by atoms with Crippen molar-refractivity contribution in [3.63, 3.8) is 0 Å². The van der Waals surface area contributed by atoms with Crippen molar-refractivity contribution in [1.29, 1.82) is 0 Å². The van der Waals surface area contributed by atoms with Crippen molar-refractivity contribution in [3.8, 4) is 0 Å². The first-order valence-electron chi connectivity index (χ1n) is 11.9. The minimum Gasteiger partial charge on any atom is -0.350 e. The van der Waals surface area contributed by atoms with E-state index in [9.17, 15) is 14.0 Å². The van der Waals surface area contributed by atoms with Crippen LogP contribution < -0.4 is 5.32 Å². The molecular weight excluding hydrogens is 415 g/mol. The number of nitrogens with zero attached hydrogens (tertiary/aromatic N) is 1. The lowest BCUT2D eigenvalue weighted by Crippen LogP contribution is -2.45. The molecule has 2 unspecified atom stereocenters. The second-order valence-corrected chi connectivity index (χ2v) is 9.44. The lowest BCUT2D eigenvalue weighted by molar-refractivity contribution is -0.132. The van der Waals surface area contributed by atoms with Gasteiger partial charge in [0.15, 0.2) is 0 Å². The summed E-state index contributed by atoms with van der Waals surface area (Å²) in [4.78, 5) is 27.5. The number of likely N-dealkylation sites (tertiary alicyclic amines) is 1. The van der Waals surface area contributed by atoms with E-state index in [2.05, 4.69) is 35.6 Å². The molecule has 5 rings (SSSR count). The van der Waals surface area contributed by atoms with Crippen molar-refractivity contribution in [2.75, 3.05) is 6.54 Å². The Kier molecular flexibility index (Phi) is 5.88. The van der Waals surface area contributed by atoms with Crippen LogP contribution >= 0.6 is 0 Å². The van der Waals surface area contributed by atoms with E-state index in [-0.39, 0.29) is 23.7 Å². The largest absolute Gasteiger partial charge is 0.350 e. The Morgan fingerprint density at radius 1 is 1.06 bits per heavy atom. The Morgan fingerprint density at radius 2 is 1.85 bits per heavy atom. The number of amides is 2. The van der Waals surface area contributed by atoms with E-state index in [0.29, 0.717) is 19.3 Å². The van der Waals surface area contributed by atoms with Gasteiger partial charge in [-0.15, -0.1) is 0 Å². The topological polar surface area (TPSA) is 49.4 Å². The van der Waals surface area contributed by atoms with E-state index >= 15 is 0 Å². The van der Waals surface area contributed by atoms with Crippen LogP contribution in [0, 0.1) is 5.82 Å². The van der Waals surface area contributed by atoms with Gasteiger partial charge in [0.05, 0.1) is 6.04 Å². The molecule has 0 bridgehead atoms. The van der Waals surface area contributed by atoms with Crippen LogP contribution in [0.15, 0.2) is 66.7 Å². The number of halogens is 1. The van der Waals surface area contributed by atoms with Gasteiger partial charge in [-0.1, -0.05) is 54.6 Å². The second kappa shape index (κ2) is 8.97. The van der Waals surface area contributed by atoms with Gasteiger partial charge in [0.25, 0.3) is 0 Å². The third kappa shape index (κ3) is 4.50. The molecule has 5 heteroatoms. The monoisotopic (exact) mass is 444 g/mol. The van der Waals surface area contributed by atoms with Gasteiger partial charge in [-0.05, 0) is 66.1 Å². The zero-order valence-corrected chi connectivity index (χ0v) is 18.7. The summed E-state index contributed by atoms with van der Waals surface area (Å²) in [5.41, 5.74) is 1.79. The normalized spacial score (nSPS) is 22.6. The summed E-state index contributed by atoms with van der Waals surface area (Å²) in [5, 5.41) is 5.61. The number of hydrogen-bond acceptors (Lipinski definition) is 2. The molecule has 2 atom stereocenters. The van der Waals surface area contributed by atoms with Gasteiger partial charge in [-0.3, -0.25) is 9.59 Å². The molecule has 4 nitrogen and oxygen atoms in total. The first-order chi connectivity index (χ1) is 16.0. The molecule has 3 aromatic carbocycles. The second-order valence-electron chi connectivity index (χ2n) is 9.44. The summed E-state index contributed by atoms with van der Waals surface area (Å²) < 4.78 is 13.4. The summed E-state index contributed by atoms with van der Waals surface area (Å²) in [5.74, 6) is -0.0877. The van der Waals surface area contributed by atoms with Crippen molar-refractivity contribution < 1.29 is 14.0 Å². The fourth-order valence-electron chi connectivity index (χ4n) is 5.58. The maximum atomic E-state index is 13.4. The Morgan fingerprint density at radius 3 is 2.64 bits per heavy atom. The van der Waals surface area contributed by atoms with Gasteiger partial charge in [-0.2, -0.15) is 0 Å². The molecular formula is C28H29FN2O2. The fraction of sp³-hybridized carbons (Fsp3) is 0.357. The first kappa shape index (κ1) is 21.6. The van der Waals surface area contributed by atoms with Crippen LogP contribution in [0.25, 0.3) is 10.8 Å². The van der Waals surface area contributed by atoms with Gasteiger partial charge in [0, 0.05) is 24.9 Å². The highest BCUT2D eigenvalue weighted by Gasteiger charge is 2.39. The minimum absolute atomic E-state index is 0.00489. The lowest BCUT2D eigenvalue weighted by atomic mass is 9.83. The van der Waals surface area contributed by atoms with Gasteiger partial charge in [-0.25, -0.2) is 4.39 Å². The predicted octanol–water partition coefficient (Wildman–Crippen LogP) is 5.31. The fourth-order valence-corrected chi connectivity index (χ4v) is 5.58. The van der Waals surface area contributed by atoms with Crippen molar-refractivity contribution >= 4 is 22.6 Å². The smallest absolute Gasteiger partial charge is 0.223 e. The summed E-state index contributed by atoms with van der Waals surface area (Å²) in [7, 11) is 0. The molecule has 2 fully saturated rings. The molecule has 2 saturated heterocycles. The third-order valence-corrected chi connectivity index (χ3v) is 7.29. The molecule has 2 heterocycles. The van der Waals surface area contributed by atoms with Gasteiger partial charge in [0.1, 0.15) is 5.82 Å². The lowest BCUT2D eigenvalue weighted by Gasteiger charge is -2.32.